The zero-order valence-electron chi connectivity index (χ0n) is 9.43. The minimum atomic E-state index is -0.306. The Morgan fingerprint density at radius 3 is 2.76 bits per heavy atom. The van der Waals surface area contributed by atoms with Gasteiger partial charge in [0.1, 0.15) is 6.04 Å². The van der Waals surface area contributed by atoms with Gasteiger partial charge in [-0.3, -0.25) is 4.79 Å². The number of nitrogens with zero attached hydrogens (tertiary/aromatic N) is 1. The lowest BCUT2D eigenvalue weighted by Crippen LogP contribution is -2.45. The van der Waals surface area contributed by atoms with Gasteiger partial charge in [-0.1, -0.05) is 18.2 Å². The van der Waals surface area contributed by atoms with Gasteiger partial charge in [0.2, 0.25) is 5.91 Å². The Hall–Kier alpha value is -1.62. The predicted octanol–water partition coefficient (Wildman–Crippen LogP) is 1.33. The second kappa shape index (κ2) is 5.14. The molecule has 5 heteroatoms. The Labute approximate surface area is 106 Å². The van der Waals surface area contributed by atoms with Crippen LogP contribution in [0, 0.1) is 0 Å². The average molecular weight is 249 g/mol. The maximum absolute atomic E-state index is 11.3. The Bertz CT molecular complexity index is 421. The Balaban J connectivity index is 2.03. The van der Waals surface area contributed by atoms with E-state index in [9.17, 15) is 4.79 Å². The van der Waals surface area contributed by atoms with Gasteiger partial charge in [0.15, 0.2) is 5.11 Å². The molecule has 1 fully saturated rings. The summed E-state index contributed by atoms with van der Waals surface area (Å²) < 4.78 is 0. The van der Waals surface area contributed by atoms with E-state index in [1.54, 1.807) is 0 Å². The van der Waals surface area contributed by atoms with Gasteiger partial charge < -0.3 is 16.0 Å². The number of hydrogen-bond acceptors (Lipinski definition) is 2. The van der Waals surface area contributed by atoms with E-state index in [4.69, 9.17) is 18.0 Å². The zero-order chi connectivity index (χ0) is 12.3. The molecule has 0 radical (unpaired) electrons. The number of primary amides is 1. The second-order valence-electron chi connectivity index (χ2n) is 4.05. The first-order valence-electron chi connectivity index (χ1n) is 5.60. The highest BCUT2D eigenvalue weighted by Gasteiger charge is 2.30. The van der Waals surface area contributed by atoms with Crippen molar-refractivity contribution in [3.63, 3.8) is 0 Å². The summed E-state index contributed by atoms with van der Waals surface area (Å²) in [6, 6.07) is 9.40. The molecule has 1 aromatic carbocycles. The number of rotatable bonds is 2. The van der Waals surface area contributed by atoms with E-state index in [2.05, 4.69) is 5.32 Å². The molecule has 0 spiro atoms. The highest BCUT2D eigenvalue weighted by molar-refractivity contribution is 7.80. The number of para-hydroxylation sites is 1. The molecule has 0 aliphatic carbocycles. The van der Waals surface area contributed by atoms with E-state index >= 15 is 0 Å². The van der Waals surface area contributed by atoms with Crippen molar-refractivity contribution < 1.29 is 4.79 Å². The van der Waals surface area contributed by atoms with E-state index in [-0.39, 0.29) is 11.9 Å². The molecule has 0 saturated carbocycles. The van der Waals surface area contributed by atoms with Gasteiger partial charge in [0, 0.05) is 12.2 Å². The van der Waals surface area contributed by atoms with Crippen molar-refractivity contribution in [3.05, 3.63) is 30.3 Å². The largest absolute Gasteiger partial charge is 0.368 e. The van der Waals surface area contributed by atoms with Gasteiger partial charge in [-0.05, 0) is 37.2 Å². The molecule has 17 heavy (non-hydrogen) atoms. The molecular formula is C12H15N3OS. The molecule has 0 bridgehead atoms. The number of nitrogens with one attached hydrogen (secondary N) is 1. The van der Waals surface area contributed by atoms with Gasteiger partial charge in [-0.2, -0.15) is 0 Å². The first-order valence-corrected chi connectivity index (χ1v) is 6.01. The molecule has 3 N–H and O–H groups in total. The van der Waals surface area contributed by atoms with Crippen LogP contribution in [0.15, 0.2) is 30.3 Å². The number of thiocarbonyl (C=S) groups is 1. The fourth-order valence-electron chi connectivity index (χ4n) is 2.02. The molecule has 1 atom stereocenters. The lowest BCUT2D eigenvalue weighted by molar-refractivity contribution is -0.121. The maximum Gasteiger partial charge on any atom is 0.240 e. The fraction of sp³-hybridized carbons (Fsp3) is 0.333. The van der Waals surface area contributed by atoms with Crippen molar-refractivity contribution in [1.82, 2.24) is 4.90 Å². The predicted molar refractivity (Wildman–Crippen MR) is 71.6 cm³/mol. The first kappa shape index (κ1) is 11.9. The van der Waals surface area contributed by atoms with Crippen LogP contribution in [-0.4, -0.2) is 28.5 Å². The van der Waals surface area contributed by atoms with Crippen molar-refractivity contribution in [3.8, 4) is 0 Å². The Morgan fingerprint density at radius 1 is 1.41 bits per heavy atom. The number of likely N-dealkylation sites (tertiary alicyclic amines) is 1. The van der Waals surface area contributed by atoms with Crippen molar-refractivity contribution >= 4 is 28.9 Å². The van der Waals surface area contributed by atoms with E-state index < -0.39 is 0 Å². The van der Waals surface area contributed by atoms with Crippen LogP contribution in [0.1, 0.15) is 12.8 Å². The smallest absolute Gasteiger partial charge is 0.240 e. The molecule has 1 aliphatic heterocycles. The lowest BCUT2D eigenvalue weighted by Gasteiger charge is -2.25. The standard InChI is InChI=1S/C12H15N3OS/c13-11(16)10-7-4-8-15(10)12(17)14-9-5-2-1-3-6-9/h1-3,5-6,10H,4,7-8H2,(H2,13,16)(H,14,17). The molecule has 1 aliphatic rings. The van der Waals surface area contributed by atoms with Crippen LogP contribution in [0.3, 0.4) is 0 Å². The number of carbonyl (C=O) groups excluding carboxylic acids is 1. The van der Waals surface area contributed by atoms with Crippen LogP contribution in [0.2, 0.25) is 0 Å². The summed E-state index contributed by atoms with van der Waals surface area (Å²) in [4.78, 5) is 13.1. The summed E-state index contributed by atoms with van der Waals surface area (Å²) in [6.07, 6.45) is 1.73. The molecule has 90 valence electrons. The second-order valence-corrected chi connectivity index (χ2v) is 4.44. The maximum atomic E-state index is 11.3. The van der Waals surface area contributed by atoms with E-state index in [1.165, 1.54) is 0 Å². The van der Waals surface area contributed by atoms with Gasteiger partial charge in [-0.15, -0.1) is 0 Å². The first-order chi connectivity index (χ1) is 8.18. The van der Waals surface area contributed by atoms with E-state index in [1.807, 2.05) is 35.2 Å². The molecule has 1 unspecified atom stereocenters. The van der Waals surface area contributed by atoms with Gasteiger partial charge in [0.05, 0.1) is 0 Å². The lowest BCUT2D eigenvalue weighted by atomic mass is 10.2. The summed E-state index contributed by atoms with van der Waals surface area (Å²) in [5.41, 5.74) is 6.28. The number of nitrogens with two attached hydrogens (primary N) is 1. The monoisotopic (exact) mass is 249 g/mol. The van der Waals surface area contributed by atoms with Crippen LogP contribution in [0.5, 0.6) is 0 Å². The molecule has 4 nitrogen and oxygen atoms in total. The molecule has 1 heterocycles. The van der Waals surface area contributed by atoms with Gasteiger partial charge >= 0.3 is 0 Å². The summed E-state index contributed by atoms with van der Waals surface area (Å²) in [7, 11) is 0. The van der Waals surface area contributed by atoms with Crippen molar-refractivity contribution in [2.24, 2.45) is 5.73 Å². The molecular weight excluding hydrogens is 234 g/mol. The van der Waals surface area contributed by atoms with Crippen LogP contribution in [0.25, 0.3) is 0 Å². The van der Waals surface area contributed by atoms with Gasteiger partial charge in [-0.25, -0.2) is 0 Å². The summed E-state index contributed by atoms with van der Waals surface area (Å²) in [5, 5.41) is 3.69. The fourth-order valence-corrected chi connectivity index (χ4v) is 2.36. The number of anilines is 1. The minimum Gasteiger partial charge on any atom is -0.368 e. The van der Waals surface area contributed by atoms with Crippen LogP contribution < -0.4 is 11.1 Å². The van der Waals surface area contributed by atoms with Crippen LogP contribution in [-0.2, 0) is 4.79 Å². The SMILES string of the molecule is NC(=O)C1CCCN1C(=S)Nc1ccccc1. The minimum absolute atomic E-state index is 0.265. The third kappa shape index (κ3) is 2.74. The third-order valence-electron chi connectivity index (χ3n) is 2.87. The van der Waals surface area contributed by atoms with Crippen LogP contribution >= 0.6 is 12.2 Å². The quantitative estimate of drug-likeness (QED) is 0.776. The normalized spacial score (nSPS) is 19.1. The van der Waals surface area contributed by atoms with E-state index in [0.717, 1.165) is 25.1 Å². The zero-order valence-corrected chi connectivity index (χ0v) is 10.2. The number of benzene rings is 1. The summed E-state index contributed by atoms with van der Waals surface area (Å²) in [6.45, 7) is 0.784. The topological polar surface area (TPSA) is 58.4 Å². The molecule has 1 amide bonds. The number of hydrogen-bond donors (Lipinski definition) is 2. The summed E-state index contributed by atoms with van der Waals surface area (Å²) in [5.74, 6) is -0.306. The molecule has 1 aromatic rings. The van der Waals surface area contributed by atoms with Gasteiger partial charge in [0.25, 0.3) is 0 Å². The highest BCUT2D eigenvalue weighted by atomic mass is 32.1. The Kier molecular flexibility index (Phi) is 3.58. The molecule has 2 rings (SSSR count). The van der Waals surface area contributed by atoms with Crippen LogP contribution in [0.4, 0.5) is 5.69 Å². The number of carbonyl (C=O) groups is 1. The third-order valence-corrected chi connectivity index (χ3v) is 3.20. The van der Waals surface area contributed by atoms with E-state index in [0.29, 0.717) is 5.11 Å². The average Bonchev–Trinajstić information content (AvgIpc) is 2.79. The summed E-state index contributed by atoms with van der Waals surface area (Å²) >= 11 is 5.30. The molecule has 1 saturated heterocycles. The number of amides is 1. The molecule has 0 aromatic heterocycles. The van der Waals surface area contributed by atoms with Crippen molar-refractivity contribution in [2.45, 2.75) is 18.9 Å². The highest BCUT2D eigenvalue weighted by Crippen LogP contribution is 2.18. The van der Waals surface area contributed by atoms with Crippen molar-refractivity contribution in [1.29, 1.82) is 0 Å². The van der Waals surface area contributed by atoms with Crippen molar-refractivity contribution in [2.75, 3.05) is 11.9 Å². The Morgan fingerprint density at radius 2 is 2.12 bits per heavy atom.